The summed E-state index contributed by atoms with van der Waals surface area (Å²) in [6, 6.07) is 15.3. The maximum atomic E-state index is 11.0. The Kier molecular flexibility index (Phi) is 10.1. The van der Waals surface area contributed by atoms with Gasteiger partial charge in [-0.3, -0.25) is 9.97 Å². The second kappa shape index (κ2) is 13.5. The van der Waals surface area contributed by atoms with Gasteiger partial charge < -0.3 is 5.11 Å². The van der Waals surface area contributed by atoms with E-state index >= 15 is 0 Å². The summed E-state index contributed by atoms with van der Waals surface area (Å²) in [7, 11) is 0. The zero-order valence-electron chi connectivity index (χ0n) is 19.8. The summed E-state index contributed by atoms with van der Waals surface area (Å²) < 4.78 is 0. The number of aromatic carboxylic acids is 1. The van der Waals surface area contributed by atoms with Crippen molar-refractivity contribution in [2.45, 2.75) is 77.6 Å². The Morgan fingerprint density at radius 1 is 0.667 bits per heavy atom. The van der Waals surface area contributed by atoms with E-state index in [9.17, 15) is 4.79 Å². The van der Waals surface area contributed by atoms with Gasteiger partial charge >= 0.3 is 5.97 Å². The Balaban J connectivity index is 1.41. The normalized spacial score (nSPS) is 10.9. The Hall–Kier alpha value is -3.01. The highest BCUT2D eigenvalue weighted by Gasteiger charge is 2.06. The molecule has 1 N–H and O–H groups in total. The SMILES string of the molecule is CCCCCCCCCCCCc1ccc(-c2cnc(-c3ccc(C(=O)O)cc3)cn2)cc1. The van der Waals surface area contributed by atoms with E-state index < -0.39 is 5.97 Å². The second-order valence-corrected chi connectivity index (χ2v) is 8.80. The molecule has 1 heterocycles. The molecular formula is C29H36N2O2. The molecule has 0 spiro atoms. The van der Waals surface area contributed by atoms with E-state index in [-0.39, 0.29) is 5.56 Å². The van der Waals surface area contributed by atoms with E-state index in [0.29, 0.717) is 0 Å². The smallest absolute Gasteiger partial charge is 0.335 e. The van der Waals surface area contributed by atoms with Gasteiger partial charge in [0, 0.05) is 11.1 Å². The fraction of sp³-hybridized carbons (Fsp3) is 0.414. The van der Waals surface area contributed by atoms with Crippen molar-refractivity contribution in [3.63, 3.8) is 0 Å². The summed E-state index contributed by atoms with van der Waals surface area (Å²) >= 11 is 0. The Morgan fingerprint density at radius 3 is 1.58 bits per heavy atom. The maximum absolute atomic E-state index is 11.0. The highest BCUT2D eigenvalue weighted by Crippen LogP contribution is 2.22. The summed E-state index contributed by atoms with van der Waals surface area (Å²) in [5.41, 5.74) is 5.12. The minimum Gasteiger partial charge on any atom is -0.478 e. The summed E-state index contributed by atoms with van der Waals surface area (Å²) in [4.78, 5) is 20.1. The fourth-order valence-corrected chi connectivity index (χ4v) is 4.07. The quantitative estimate of drug-likeness (QED) is 0.256. The lowest BCUT2D eigenvalue weighted by atomic mass is 10.0. The number of hydrogen-bond acceptors (Lipinski definition) is 3. The molecule has 2 aromatic carbocycles. The van der Waals surface area contributed by atoms with Crippen molar-refractivity contribution in [1.82, 2.24) is 9.97 Å². The summed E-state index contributed by atoms with van der Waals surface area (Å²) in [6.07, 6.45) is 18.3. The third-order valence-corrected chi connectivity index (χ3v) is 6.15. The molecule has 0 amide bonds. The van der Waals surface area contributed by atoms with Crippen LogP contribution in [0.3, 0.4) is 0 Å². The number of benzene rings is 2. The van der Waals surface area contributed by atoms with E-state index in [1.54, 1.807) is 36.7 Å². The van der Waals surface area contributed by atoms with E-state index in [1.165, 1.54) is 69.8 Å². The van der Waals surface area contributed by atoms with Gasteiger partial charge in [0.2, 0.25) is 0 Å². The average Bonchev–Trinajstić information content (AvgIpc) is 2.86. The van der Waals surface area contributed by atoms with Crippen LogP contribution in [0.1, 0.15) is 87.1 Å². The van der Waals surface area contributed by atoms with Gasteiger partial charge in [0.25, 0.3) is 0 Å². The number of aryl methyl sites for hydroxylation is 1. The van der Waals surface area contributed by atoms with Crippen LogP contribution in [-0.2, 0) is 6.42 Å². The minimum absolute atomic E-state index is 0.265. The van der Waals surface area contributed by atoms with Crippen molar-refractivity contribution in [2.24, 2.45) is 0 Å². The number of carbonyl (C=O) groups is 1. The van der Waals surface area contributed by atoms with Gasteiger partial charge in [0.05, 0.1) is 29.3 Å². The van der Waals surface area contributed by atoms with Crippen LogP contribution in [0, 0.1) is 0 Å². The van der Waals surface area contributed by atoms with Gasteiger partial charge in [-0.25, -0.2) is 4.79 Å². The maximum Gasteiger partial charge on any atom is 0.335 e. The number of carboxylic acid groups (broad SMARTS) is 1. The first-order valence-electron chi connectivity index (χ1n) is 12.4. The second-order valence-electron chi connectivity index (χ2n) is 8.80. The van der Waals surface area contributed by atoms with Crippen LogP contribution in [0.25, 0.3) is 22.5 Å². The Labute approximate surface area is 198 Å². The zero-order chi connectivity index (χ0) is 23.3. The highest BCUT2D eigenvalue weighted by atomic mass is 16.4. The number of hydrogen-bond donors (Lipinski definition) is 1. The van der Waals surface area contributed by atoms with E-state index in [1.807, 2.05) is 0 Å². The first kappa shape index (κ1) is 24.6. The standard InChI is InChI=1S/C29H36N2O2/c1-2-3-4-5-6-7-8-9-10-11-12-23-13-15-24(16-14-23)27-21-31-28(22-30-27)25-17-19-26(20-18-25)29(32)33/h13-22H,2-12H2,1H3,(H,32,33). The molecule has 3 aromatic rings. The minimum atomic E-state index is -0.931. The van der Waals surface area contributed by atoms with E-state index in [4.69, 9.17) is 5.11 Å². The molecule has 0 aliphatic rings. The Morgan fingerprint density at radius 2 is 1.12 bits per heavy atom. The number of nitrogens with zero attached hydrogens (tertiary/aromatic N) is 2. The van der Waals surface area contributed by atoms with Crippen LogP contribution in [0.4, 0.5) is 0 Å². The number of rotatable bonds is 14. The number of unbranched alkanes of at least 4 members (excludes halogenated alkanes) is 9. The molecule has 0 aliphatic carbocycles. The number of aromatic nitrogens is 2. The predicted octanol–water partition coefficient (Wildman–Crippen LogP) is 7.97. The predicted molar refractivity (Wildman–Crippen MR) is 135 cm³/mol. The Bertz CT molecular complexity index is 964. The van der Waals surface area contributed by atoms with Gasteiger partial charge in [-0.05, 0) is 30.5 Å². The monoisotopic (exact) mass is 444 g/mol. The summed E-state index contributed by atoms with van der Waals surface area (Å²) in [6.45, 7) is 2.27. The molecule has 33 heavy (non-hydrogen) atoms. The van der Waals surface area contributed by atoms with Crippen molar-refractivity contribution >= 4 is 5.97 Å². The van der Waals surface area contributed by atoms with Crippen molar-refractivity contribution in [3.8, 4) is 22.5 Å². The van der Waals surface area contributed by atoms with Crippen molar-refractivity contribution in [3.05, 3.63) is 72.1 Å². The largest absolute Gasteiger partial charge is 0.478 e. The van der Waals surface area contributed by atoms with Gasteiger partial charge in [-0.1, -0.05) is 101 Å². The van der Waals surface area contributed by atoms with Gasteiger partial charge in [0.15, 0.2) is 0 Å². The van der Waals surface area contributed by atoms with Gasteiger partial charge in [-0.2, -0.15) is 0 Å². The molecule has 0 unspecified atom stereocenters. The highest BCUT2D eigenvalue weighted by molar-refractivity contribution is 5.88. The lowest BCUT2D eigenvalue weighted by molar-refractivity contribution is 0.0697. The van der Waals surface area contributed by atoms with Crippen molar-refractivity contribution in [1.29, 1.82) is 0 Å². The first-order chi connectivity index (χ1) is 16.2. The molecule has 174 valence electrons. The van der Waals surface area contributed by atoms with Crippen molar-refractivity contribution < 1.29 is 9.90 Å². The summed E-state index contributed by atoms with van der Waals surface area (Å²) in [5, 5.41) is 9.02. The topological polar surface area (TPSA) is 63.1 Å². The lowest BCUT2D eigenvalue weighted by Gasteiger charge is -2.06. The molecule has 0 radical (unpaired) electrons. The van der Waals surface area contributed by atoms with Crippen LogP contribution < -0.4 is 0 Å². The van der Waals surface area contributed by atoms with Gasteiger partial charge in [-0.15, -0.1) is 0 Å². The fourth-order valence-electron chi connectivity index (χ4n) is 4.07. The lowest BCUT2D eigenvalue weighted by Crippen LogP contribution is -1.95. The molecule has 0 saturated carbocycles. The van der Waals surface area contributed by atoms with Crippen molar-refractivity contribution in [2.75, 3.05) is 0 Å². The number of carboxylic acids is 1. The third kappa shape index (κ3) is 8.12. The molecule has 0 aliphatic heterocycles. The average molecular weight is 445 g/mol. The molecule has 0 atom stereocenters. The first-order valence-corrected chi connectivity index (χ1v) is 12.4. The third-order valence-electron chi connectivity index (χ3n) is 6.15. The van der Waals surface area contributed by atoms with Crippen LogP contribution in [0.5, 0.6) is 0 Å². The molecule has 4 heteroatoms. The summed E-state index contributed by atoms with van der Waals surface area (Å²) in [5.74, 6) is -0.931. The van der Waals surface area contributed by atoms with Crippen LogP contribution >= 0.6 is 0 Å². The van der Waals surface area contributed by atoms with Crippen LogP contribution in [-0.4, -0.2) is 21.0 Å². The molecule has 0 bridgehead atoms. The zero-order valence-corrected chi connectivity index (χ0v) is 19.8. The van der Waals surface area contributed by atoms with E-state index in [0.717, 1.165) is 28.9 Å². The molecule has 0 saturated heterocycles. The molecule has 1 aromatic heterocycles. The molecule has 4 nitrogen and oxygen atoms in total. The van der Waals surface area contributed by atoms with E-state index in [2.05, 4.69) is 41.2 Å². The molecule has 3 rings (SSSR count). The van der Waals surface area contributed by atoms with Crippen LogP contribution in [0.2, 0.25) is 0 Å². The van der Waals surface area contributed by atoms with Gasteiger partial charge in [0.1, 0.15) is 0 Å². The molecule has 0 fully saturated rings. The molecular weight excluding hydrogens is 408 g/mol. The van der Waals surface area contributed by atoms with Crippen LogP contribution in [0.15, 0.2) is 60.9 Å².